The van der Waals surface area contributed by atoms with Crippen molar-refractivity contribution < 1.29 is 14.2 Å². The lowest BCUT2D eigenvalue weighted by molar-refractivity contribution is -0.162. The molecule has 0 aromatic heterocycles. The predicted octanol–water partition coefficient (Wildman–Crippen LogP) is 0.184. The Kier molecular flexibility index (Phi) is 4.81. The van der Waals surface area contributed by atoms with Crippen LogP contribution in [0, 0.1) is 6.92 Å². The number of methoxy groups -OCH3 is 2. The smallest absolute Gasteiger partial charge is 0.127 e. The first-order valence-corrected chi connectivity index (χ1v) is 4.90. The van der Waals surface area contributed by atoms with Gasteiger partial charge in [0.05, 0.1) is 19.8 Å². The van der Waals surface area contributed by atoms with Gasteiger partial charge in [-0.25, -0.2) is 0 Å². The normalized spacial score (nSPS) is 22.5. The molecule has 1 fully saturated rings. The Hall–Kier alpha value is -0.160. The van der Waals surface area contributed by atoms with Gasteiger partial charge in [0, 0.05) is 27.3 Å². The van der Waals surface area contributed by atoms with Gasteiger partial charge in [0.25, 0.3) is 0 Å². The van der Waals surface area contributed by atoms with Crippen molar-refractivity contribution in [3.8, 4) is 0 Å². The minimum absolute atomic E-state index is 0.306. The summed E-state index contributed by atoms with van der Waals surface area (Å²) in [6.45, 7) is 8.32. The van der Waals surface area contributed by atoms with Crippen molar-refractivity contribution in [3.63, 3.8) is 0 Å². The van der Waals surface area contributed by atoms with Crippen LogP contribution in [0.3, 0.4) is 0 Å². The van der Waals surface area contributed by atoms with E-state index in [-0.39, 0.29) is 5.60 Å². The van der Waals surface area contributed by atoms with Gasteiger partial charge in [0.15, 0.2) is 0 Å². The topological polar surface area (TPSA) is 30.9 Å². The molecular weight excluding hydrogens is 182 g/mol. The van der Waals surface area contributed by atoms with Gasteiger partial charge in [0.1, 0.15) is 5.60 Å². The molecule has 0 aromatic rings. The Morgan fingerprint density at radius 2 is 2.00 bits per heavy atom. The van der Waals surface area contributed by atoms with Crippen LogP contribution in [0.5, 0.6) is 0 Å². The summed E-state index contributed by atoms with van der Waals surface area (Å²) >= 11 is 0. The van der Waals surface area contributed by atoms with Crippen molar-refractivity contribution in [2.75, 3.05) is 53.7 Å². The average Bonchev–Trinajstić information content (AvgIpc) is 2.19. The fraction of sp³-hybridized carbons (Fsp3) is 0.900. The Balaban J connectivity index is 2.55. The quantitative estimate of drug-likeness (QED) is 0.636. The van der Waals surface area contributed by atoms with Crippen molar-refractivity contribution >= 4 is 0 Å². The summed E-state index contributed by atoms with van der Waals surface area (Å²) in [5.74, 6) is 0. The van der Waals surface area contributed by atoms with Gasteiger partial charge in [-0.1, -0.05) is 0 Å². The Bertz CT molecular complexity index is 152. The van der Waals surface area contributed by atoms with Crippen LogP contribution in [0.2, 0.25) is 0 Å². The van der Waals surface area contributed by atoms with Gasteiger partial charge in [0.2, 0.25) is 0 Å². The van der Waals surface area contributed by atoms with Crippen LogP contribution in [0.4, 0.5) is 0 Å². The van der Waals surface area contributed by atoms with E-state index in [0.717, 1.165) is 26.2 Å². The van der Waals surface area contributed by atoms with Gasteiger partial charge in [-0.2, -0.15) is 0 Å². The van der Waals surface area contributed by atoms with Gasteiger partial charge in [-0.15, -0.1) is 0 Å². The largest absolute Gasteiger partial charge is 0.382 e. The molecule has 0 amide bonds. The molecule has 1 aliphatic rings. The van der Waals surface area contributed by atoms with Crippen molar-refractivity contribution in [1.82, 2.24) is 4.90 Å². The Labute approximate surface area is 86.1 Å². The van der Waals surface area contributed by atoms with Crippen molar-refractivity contribution in [3.05, 3.63) is 6.92 Å². The summed E-state index contributed by atoms with van der Waals surface area (Å²) < 4.78 is 16.1. The molecule has 0 aromatic carbocycles. The molecule has 0 bridgehead atoms. The van der Waals surface area contributed by atoms with E-state index in [1.165, 1.54) is 0 Å². The number of hydrogen-bond donors (Lipinski definition) is 0. The summed E-state index contributed by atoms with van der Waals surface area (Å²) in [5, 5.41) is 0. The first-order chi connectivity index (χ1) is 6.76. The number of rotatable bonds is 5. The van der Waals surface area contributed by atoms with E-state index in [0.29, 0.717) is 13.2 Å². The molecule has 0 atom stereocenters. The van der Waals surface area contributed by atoms with E-state index in [1.54, 1.807) is 14.2 Å². The molecule has 1 aliphatic heterocycles. The van der Waals surface area contributed by atoms with E-state index in [4.69, 9.17) is 14.2 Å². The number of ether oxygens (including phenoxy) is 3. The highest BCUT2D eigenvalue weighted by Gasteiger charge is 2.36. The van der Waals surface area contributed by atoms with Gasteiger partial charge >= 0.3 is 0 Å². The lowest BCUT2D eigenvalue weighted by atomic mass is 10.0. The van der Waals surface area contributed by atoms with Gasteiger partial charge < -0.3 is 14.2 Å². The molecule has 1 heterocycles. The summed E-state index contributed by atoms with van der Waals surface area (Å²) in [4.78, 5) is 2.25. The van der Waals surface area contributed by atoms with Crippen molar-refractivity contribution in [2.45, 2.75) is 5.60 Å². The molecule has 4 nitrogen and oxygen atoms in total. The van der Waals surface area contributed by atoms with Crippen LogP contribution in [0.25, 0.3) is 0 Å². The highest BCUT2D eigenvalue weighted by atomic mass is 16.6. The highest BCUT2D eigenvalue weighted by Crippen LogP contribution is 2.18. The lowest BCUT2D eigenvalue weighted by Gasteiger charge is -2.41. The standard InChI is InChI=1S/C10H20NO3/c1-4-11-5-6-14-10(7-11,8-12-2)9-13-3/h1,4-9H2,2-3H3. The number of morpholine rings is 1. The molecule has 0 spiro atoms. The van der Waals surface area contributed by atoms with E-state index in [1.807, 2.05) is 0 Å². The van der Waals surface area contributed by atoms with Crippen molar-refractivity contribution in [1.29, 1.82) is 0 Å². The minimum atomic E-state index is -0.306. The lowest BCUT2D eigenvalue weighted by Crippen LogP contribution is -2.56. The molecule has 1 saturated heterocycles. The van der Waals surface area contributed by atoms with Crippen LogP contribution in [-0.2, 0) is 14.2 Å². The third-order valence-electron chi connectivity index (χ3n) is 2.46. The maximum Gasteiger partial charge on any atom is 0.127 e. The molecule has 0 aliphatic carbocycles. The molecule has 1 rings (SSSR count). The maximum atomic E-state index is 5.76. The molecular formula is C10H20NO3. The average molecular weight is 202 g/mol. The van der Waals surface area contributed by atoms with Crippen molar-refractivity contribution in [2.24, 2.45) is 0 Å². The summed E-state index contributed by atoms with van der Waals surface area (Å²) in [7, 11) is 3.37. The van der Waals surface area contributed by atoms with Crippen LogP contribution >= 0.6 is 0 Å². The summed E-state index contributed by atoms with van der Waals surface area (Å²) in [6.07, 6.45) is 0. The number of hydrogen-bond acceptors (Lipinski definition) is 4. The monoisotopic (exact) mass is 202 g/mol. The second-order valence-corrected chi connectivity index (χ2v) is 3.67. The second-order valence-electron chi connectivity index (χ2n) is 3.67. The van der Waals surface area contributed by atoms with Crippen LogP contribution in [-0.4, -0.2) is 64.2 Å². The molecule has 83 valence electrons. The molecule has 4 heteroatoms. The van der Waals surface area contributed by atoms with E-state index in [9.17, 15) is 0 Å². The number of nitrogens with zero attached hydrogens (tertiary/aromatic N) is 1. The predicted molar refractivity (Wildman–Crippen MR) is 54.2 cm³/mol. The van der Waals surface area contributed by atoms with Gasteiger partial charge in [-0.3, -0.25) is 4.90 Å². The van der Waals surface area contributed by atoms with Gasteiger partial charge in [-0.05, 0) is 13.5 Å². The molecule has 0 N–H and O–H groups in total. The second kappa shape index (κ2) is 5.66. The van der Waals surface area contributed by atoms with Crippen LogP contribution in [0.1, 0.15) is 0 Å². The highest BCUT2D eigenvalue weighted by molar-refractivity contribution is 4.88. The van der Waals surface area contributed by atoms with E-state index < -0.39 is 0 Å². The molecule has 0 saturated carbocycles. The zero-order valence-corrected chi connectivity index (χ0v) is 9.12. The molecule has 0 unspecified atom stereocenters. The van der Waals surface area contributed by atoms with E-state index in [2.05, 4.69) is 11.8 Å². The molecule has 1 radical (unpaired) electrons. The molecule has 14 heavy (non-hydrogen) atoms. The summed E-state index contributed by atoms with van der Waals surface area (Å²) in [6, 6.07) is 0. The first-order valence-electron chi connectivity index (χ1n) is 4.90. The van der Waals surface area contributed by atoms with Crippen LogP contribution in [0.15, 0.2) is 0 Å². The zero-order chi connectivity index (χ0) is 10.4. The summed E-state index contributed by atoms with van der Waals surface area (Å²) in [5.41, 5.74) is -0.306. The fourth-order valence-corrected chi connectivity index (χ4v) is 1.86. The fourth-order valence-electron chi connectivity index (χ4n) is 1.86. The zero-order valence-electron chi connectivity index (χ0n) is 9.12. The third-order valence-corrected chi connectivity index (χ3v) is 2.46. The third kappa shape index (κ3) is 2.92. The first kappa shape index (κ1) is 11.9. The SMILES string of the molecule is [CH2]CN1CCOC(COC)(COC)C1. The minimum Gasteiger partial charge on any atom is -0.382 e. The maximum absolute atomic E-state index is 5.76. The Morgan fingerprint density at radius 3 is 2.50 bits per heavy atom. The van der Waals surface area contributed by atoms with E-state index >= 15 is 0 Å². The van der Waals surface area contributed by atoms with Crippen LogP contribution < -0.4 is 0 Å². The Morgan fingerprint density at radius 1 is 1.36 bits per heavy atom.